The van der Waals surface area contributed by atoms with Crippen LogP contribution in [0.2, 0.25) is 0 Å². The first-order chi connectivity index (χ1) is 42.5. The van der Waals surface area contributed by atoms with E-state index in [1.54, 1.807) is 0 Å². The van der Waals surface area contributed by atoms with Gasteiger partial charge in [0.05, 0.1) is 18.8 Å². The normalized spacial score (nSPS) is 11.8. The van der Waals surface area contributed by atoms with Gasteiger partial charge in [-0.15, -0.1) is 68.0 Å². The van der Waals surface area contributed by atoms with Gasteiger partial charge in [-0.25, -0.2) is 0 Å². The minimum absolute atomic E-state index is 1.21. The Hall–Kier alpha value is -3.88. The fourth-order valence-corrected chi connectivity index (χ4v) is 20.5. The monoisotopic (exact) mass is 1260 g/mol. The van der Waals surface area contributed by atoms with Gasteiger partial charge in [-0.05, 0) is 120 Å². The highest BCUT2D eigenvalue weighted by atomic mass is 32.1. The molecule has 10 rings (SSSR count). The Morgan fingerprint density at radius 1 is 0.198 bits per heavy atom. The third kappa shape index (κ3) is 20.6. The Balaban J connectivity index is 0.000000209. The van der Waals surface area contributed by atoms with Crippen molar-refractivity contribution >= 4 is 106 Å². The third-order valence-electron chi connectivity index (χ3n) is 17.9. The van der Waals surface area contributed by atoms with Gasteiger partial charge in [0, 0.05) is 38.3 Å². The molecule has 0 saturated heterocycles. The van der Waals surface area contributed by atoms with Gasteiger partial charge in [-0.2, -0.15) is 0 Å². The van der Waals surface area contributed by atoms with Gasteiger partial charge in [-0.1, -0.05) is 305 Å². The maximum absolute atomic E-state index is 2.43. The molecule has 0 aliphatic heterocycles. The summed E-state index contributed by atoms with van der Waals surface area (Å²) in [4.78, 5) is 5.62. The predicted molar refractivity (Wildman–Crippen MR) is 397 cm³/mol. The zero-order chi connectivity index (χ0) is 59.4. The van der Waals surface area contributed by atoms with Gasteiger partial charge in [0.15, 0.2) is 0 Å². The number of unbranched alkanes of at least 4 members (excludes halogenated alkanes) is 28. The van der Waals surface area contributed by atoms with E-state index < -0.39 is 0 Å². The molecule has 460 valence electrons. The molecule has 0 unspecified atom stereocenters. The summed E-state index contributed by atoms with van der Waals surface area (Å²) in [5.41, 5.74) is 11.4. The number of benzene rings is 4. The maximum Gasteiger partial charge on any atom is 0.0636 e. The Kier molecular flexibility index (Phi) is 28.9. The SMILES string of the molecule is CCCCCCCCCCCCc1ccc(-c2cc3sc4cc(-c5ccc(CCCCCCCCCCCC)cc5)sc4c3s2)cc1.CCCCCCCCc1ccc(-c2cc3sc4cc(-c5ccc(CCCCCCCC)cc5)sc4c3s2)cc1. The van der Waals surface area contributed by atoms with Crippen LogP contribution in [0.1, 0.15) is 255 Å². The number of aryl methyl sites for hydroxylation is 4. The summed E-state index contributed by atoms with van der Waals surface area (Å²) < 4.78 is 11.7. The van der Waals surface area contributed by atoms with Gasteiger partial charge in [0.2, 0.25) is 0 Å². The van der Waals surface area contributed by atoms with Crippen molar-refractivity contribution in [2.45, 2.75) is 259 Å². The van der Waals surface area contributed by atoms with Gasteiger partial charge in [-0.3, -0.25) is 0 Å². The average molecular weight is 1260 g/mol. The summed E-state index contributed by atoms with van der Waals surface area (Å²) in [6, 6.07) is 47.4. The topological polar surface area (TPSA) is 0 Å². The van der Waals surface area contributed by atoms with Crippen molar-refractivity contribution in [3.8, 4) is 41.8 Å². The second kappa shape index (κ2) is 37.3. The van der Waals surface area contributed by atoms with Crippen molar-refractivity contribution < 1.29 is 0 Å². The molecule has 0 amide bonds. The minimum Gasteiger partial charge on any atom is -0.133 e. The van der Waals surface area contributed by atoms with E-state index in [-0.39, 0.29) is 0 Å². The van der Waals surface area contributed by atoms with E-state index in [4.69, 9.17) is 0 Å². The number of thiophene rings is 6. The van der Waals surface area contributed by atoms with E-state index >= 15 is 0 Å². The molecule has 0 bridgehead atoms. The first-order valence-electron chi connectivity index (χ1n) is 34.8. The number of rotatable bonds is 40. The lowest BCUT2D eigenvalue weighted by Gasteiger charge is -2.04. The van der Waals surface area contributed by atoms with Crippen LogP contribution in [0.5, 0.6) is 0 Å². The highest BCUT2D eigenvalue weighted by Crippen LogP contribution is 2.50. The molecular weight excluding hydrogens is 1150 g/mol. The van der Waals surface area contributed by atoms with E-state index in [0.717, 1.165) is 0 Å². The summed E-state index contributed by atoms with van der Waals surface area (Å²) in [5.74, 6) is 0. The molecule has 0 saturated carbocycles. The molecule has 0 aliphatic carbocycles. The highest BCUT2D eigenvalue weighted by Gasteiger charge is 2.17. The second-order valence-electron chi connectivity index (χ2n) is 25.1. The van der Waals surface area contributed by atoms with Crippen LogP contribution in [-0.4, -0.2) is 0 Å². The molecule has 6 heteroatoms. The minimum atomic E-state index is 1.21. The van der Waals surface area contributed by atoms with Crippen molar-refractivity contribution in [1.29, 1.82) is 0 Å². The quantitative estimate of drug-likeness (QED) is 0.0336. The number of fused-ring (bicyclic) bond motifs is 6. The van der Waals surface area contributed by atoms with Crippen molar-refractivity contribution in [3.05, 3.63) is 144 Å². The Labute approximate surface area is 545 Å². The lowest BCUT2D eigenvalue weighted by atomic mass is 10.0. The van der Waals surface area contributed by atoms with E-state index in [0.29, 0.717) is 0 Å². The van der Waals surface area contributed by atoms with Crippen LogP contribution in [0, 0.1) is 0 Å². The molecule has 0 nitrogen and oxygen atoms in total. The smallest absolute Gasteiger partial charge is 0.0636 e. The number of hydrogen-bond donors (Lipinski definition) is 0. The molecular formula is C80H104S6. The van der Waals surface area contributed by atoms with Crippen LogP contribution in [0.3, 0.4) is 0 Å². The molecule has 0 radical (unpaired) electrons. The first-order valence-corrected chi connectivity index (χ1v) is 39.7. The first kappa shape index (κ1) is 66.5. The fraction of sp³-hybridized carbons (Fsp3) is 0.500. The lowest BCUT2D eigenvalue weighted by Crippen LogP contribution is -1.87. The maximum atomic E-state index is 2.43. The van der Waals surface area contributed by atoms with E-state index in [2.05, 4.69) is 149 Å². The predicted octanol–water partition coefficient (Wildman–Crippen LogP) is 29.8. The van der Waals surface area contributed by atoms with E-state index in [1.165, 1.54) is 333 Å². The second-order valence-corrected chi connectivity index (χ2v) is 31.5. The van der Waals surface area contributed by atoms with Crippen molar-refractivity contribution in [3.63, 3.8) is 0 Å². The molecule has 6 heterocycles. The molecule has 0 spiro atoms. The molecule has 0 N–H and O–H groups in total. The van der Waals surface area contributed by atoms with Crippen molar-refractivity contribution in [1.82, 2.24) is 0 Å². The molecule has 86 heavy (non-hydrogen) atoms. The summed E-state index contributed by atoms with van der Waals surface area (Å²) in [5, 5.41) is 0. The standard InChI is InChI=1S/C44H60S3.C36H44S3/c1-3-5-7-9-11-13-15-17-19-21-23-35-25-29-37(30-26-35)39-33-41-43(46-39)44-42(45-41)34-40(47-44)38-31-27-36(28-32-38)24-22-20-18-16-14-12-10-8-6-4-2;1-3-5-7-9-11-13-15-27-17-21-29(22-18-27)31-25-33-35(38-31)36-34(37-33)26-32(39-36)30-23-19-28(20-24-30)16-14-12-10-8-6-4-2/h25-34H,3-24H2,1-2H3;17-26H,3-16H2,1-2H3. The molecule has 0 fully saturated rings. The van der Waals surface area contributed by atoms with Crippen LogP contribution in [0.4, 0.5) is 0 Å². The van der Waals surface area contributed by atoms with Crippen LogP contribution in [0.15, 0.2) is 121 Å². The fourth-order valence-electron chi connectivity index (χ4n) is 12.4. The van der Waals surface area contributed by atoms with Gasteiger partial charge < -0.3 is 0 Å². The summed E-state index contributed by atoms with van der Waals surface area (Å²) in [6.45, 7) is 9.17. The zero-order valence-electron chi connectivity index (χ0n) is 53.5. The molecule has 4 aromatic carbocycles. The van der Waals surface area contributed by atoms with Crippen molar-refractivity contribution in [2.24, 2.45) is 0 Å². The molecule has 10 aromatic rings. The summed E-state index contributed by atoms with van der Waals surface area (Å²) >= 11 is 11.8. The van der Waals surface area contributed by atoms with Gasteiger partial charge in [0.1, 0.15) is 0 Å². The Morgan fingerprint density at radius 3 is 0.558 bits per heavy atom. The van der Waals surface area contributed by atoms with Crippen LogP contribution >= 0.6 is 68.0 Å². The molecule has 0 aliphatic rings. The van der Waals surface area contributed by atoms with Gasteiger partial charge >= 0.3 is 0 Å². The van der Waals surface area contributed by atoms with Crippen molar-refractivity contribution in [2.75, 3.05) is 0 Å². The van der Waals surface area contributed by atoms with E-state index in [1.807, 2.05) is 68.0 Å². The Bertz CT molecular complexity index is 3190. The van der Waals surface area contributed by atoms with Crippen LogP contribution in [0.25, 0.3) is 79.4 Å². The van der Waals surface area contributed by atoms with Gasteiger partial charge in [0.25, 0.3) is 0 Å². The number of hydrogen-bond acceptors (Lipinski definition) is 6. The third-order valence-corrected chi connectivity index (χ3v) is 25.6. The average Bonchev–Trinajstić information content (AvgIpc) is 2.02. The highest BCUT2D eigenvalue weighted by molar-refractivity contribution is 7.41. The van der Waals surface area contributed by atoms with Crippen LogP contribution < -0.4 is 0 Å². The lowest BCUT2D eigenvalue weighted by molar-refractivity contribution is 0.556. The summed E-state index contributed by atoms with van der Waals surface area (Å²) in [6.07, 6.45) is 49.3. The largest absolute Gasteiger partial charge is 0.133 e. The van der Waals surface area contributed by atoms with Crippen LogP contribution in [-0.2, 0) is 25.7 Å². The molecule has 0 atom stereocenters. The zero-order valence-corrected chi connectivity index (χ0v) is 58.4. The summed E-state index contributed by atoms with van der Waals surface area (Å²) in [7, 11) is 0. The molecule has 6 aromatic heterocycles. The van der Waals surface area contributed by atoms with E-state index in [9.17, 15) is 0 Å². The Morgan fingerprint density at radius 2 is 0.372 bits per heavy atom.